The van der Waals surface area contributed by atoms with Gasteiger partial charge < -0.3 is 10.4 Å². The highest BCUT2D eigenvalue weighted by Crippen LogP contribution is 2.10. The molecule has 4 heteroatoms. The quantitative estimate of drug-likeness (QED) is 0.826. The summed E-state index contributed by atoms with van der Waals surface area (Å²) in [6, 6.07) is 17.3. The van der Waals surface area contributed by atoms with Gasteiger partial charge in [-0.15, -0.1) is 0 Å². The summed E-state index contributed by atoms with van der Waals surface area (Å²) in [4.78, 5) is 12.0. The Labute approximate surface area is 135 Å². The first-order valence-corrected chi connectivity index (χ1v) is 8.66. The Morgan fingerprint density at radius 3 is 2.41 bits per heavy atom. The largest absolute Gasteiger partial charge is 0.391 e. The van der Waals surface area contributed by atoms with Crippen molar-refractivity contribution in [1.29, 1.82) is 0 Å². The summed E-state index contributed by atoms with van der Waals surface area (Å²) in [5.74, 6) is 0.792. The van der Waals surface area contributed by atoms with Crippen molar-refractivity contribution in [3.05, 3.63) is 71.3 Å². The van der Waals surface area contributed by atoms with E-state index in [2.05, 4.69) is 11.6 Å². The molecule has 1 unspecified atom stereocenters. The summed E-state index contributed by atoms with van der Waals surface area (Å²) in [5, 5.41) is 12.8. The van der Waals surface area contributed by atoms with Gasteiger partial charge in [0.25, 0.3) is 5.91 Å². The van der Waals surface area contributed by atoms with Gasteiger partial charge in [0.05, 0.1) is 6.10 Å². The van der Waals surface area contributed by atoms with Crippen LogP contribution in [0.2, 0.25) is 0 Å². The van der Waals surface area contributed by atoms with Crippen LogP contribution in [0.5, 0.6) is 0 Å². The van der Waals surface area contributed by atoms with Gasteiger partial charge in [0, 0.05) is 24.3 Å². The summed E-state index contributed by atoms with van der Waals surface area (Å²) in [5.41, 5.74) is 2.88. The summed E-state index contributed by atoms with van der Waals surface area (Å²) in [7, 11) is 0. The molecule has 1 atom stereocenters. The molecule has 0 aromatic heterocycles. The maximum Gasteiger partial charge on any atom is 0.251 e. The van der Waals surface area contributed by atoms with Gasteiger partial charge in [-0.3, -0.25) is 4.79 Å². The lowest BCUT2D eigenvalue weighted by molar-refractivity contribution is 0.0916. The summed E-state index contributed by atoms with van der Waals surface area (Å²) in [6.07, 6.45) is 2.00. The molecule has 116 valence electrons. The molecule has 0 fully saturated rings. The first kappa shape index (κ1) is 16.6. The minimum Gasteiger partial charge on any atom is -0.391 e. The van der Waals surface area contributed by atoms with E-state index in [1.807, 2.05) is 54.6 Å². The van der Waals surface area contributed by atoms with Crippen LogP contribution in [0.15, 0.2) is 54.6 Å². The zero-order valence-corrected chi connectivity index (χ0v) is 13.5. The summed E-state index contributed by atoms with van der Waals surface area (Å²) >= 11 is 1.75. The van der Waals surface area contributed by atoms with Crippen molar-refractivity contribution >= 4 is 17.7 Å². The standard InChI is InChI=1S/C18H21NO2S/c1-22-13-15-7-9-16(10-8-15)18(21)19-12-17(20)11-14-5-3-2-4-6-14/h2-10,17,20H,11-13H2,1H3,(H,19,21). The lowest BCUT2D eigenvalue weighted by atomic mass is 10.1. The minimum absolute atomic E-state index is 0.150. The fraction of sp³-hybridized carbons (Fsp3) is 0.278. The van der Waals surface area contributed by atoms with E-state index in [4.69, 9.17) is 0 Å². The molecule has 2 rings (SSSR count). The molecule has 0 radical (unpaired) electrons. The van der Waals surface area contributed by atoms with Crippen LogP contribution in [0, 0.1) is 0 Å². The average Bonchev–Trinajstić information content (AvgIpc) is 2.54. The molecule has 0 aliphatic rings. The lowest BCUT2D eigenvalue weighted by Crippen LogP contribution is -2.33. The van der Waals surface area contributed by atoms with Crippen LogP contribution in [0.3, 0.4) is 0 Å². The van der Waals surface area contributed by atoms with Crippen molar-refractivity contribution in [1.82, 2.24) is 5.32 Å². The molecule has 0 heterocycles. The number of benzene rings is 2. The van der Waals surface area contributed by atoms with Crippen molar-refractivity contribution in [3.63, 3.8) is 0 Å². The third-order valence-corrected chi connectivity index (χ3v) is 3.96. The van der Waals surface area contributed by atoms with Crippen molar-refractivity contribution in [2.45, 2.75) is 18.3 Å². The van der Waals surface area contributed by atoms with E-state index < -0.39 is 6.10 Å². The molecule has 0 saturated carbocycles. The van der Waals surface area contributed by atoms with Gasteiger partial charge in [-0.25, -0.2) is 0 Å². The molecule has 1 amide bonds. The summed E-state index contributed by atoms with van der Waals surface area (Å²) < 4.78 is 0. The number of carbonyl (C=O) groups is 1. The molecule has 2 N–H and O–H groups in total. The third-order valence-electron chi connectivity index (χ3n) is 3.34. The molecule has 2 aromatic rings. The van der Waals surface area contributed by atoms with Crippen LogP contribution >= 0.6 is 11.8 Å². The predicted molar refractivity (Wildman–Crippen MR) is 92.1 cm³/mol. The summed E-state index contributed by atoms with van der Waals surface area (Å²) in [6.45, 7) is 0.250. The molecular weight excluding hydrogens is 294 g/mol. The molecule has 0 spiro atoms. The van der Waals surface area contributed by atoms with Gasteiger partial charge in [0.2, 0.25) is 0 Å². The van der Waals surface area contributed by atoms with Gasteiger partial charge in [-0.05, 0) is 29.5 Å². The van der Waals surface area contributed by atoms with Crippen LogP contribution in [-0.2, 0) is 12.2 Å². The second-order valence-corrected chi connectivity index (χ2v) is 6.05. The average molecular weight is 315 g/mol. The van der Waals surface area contributed by atoms with Crippen molar-refractivity contribution in [2.24, 2.45) is 0 Å². The second kappa shape index (κ2) is 8.61. The highest BCUT2D eigenvalue weighted by molar-refractivity contribution is 7.97. The van der Waals surface area contributed by atoms with E-state index in [0.717, 1.165) is 11.3 Å². The molecule has 22 heavy (non-hydrogen) atoms. The number of hydrogen-bond donors (Lipinski definition) is 2. The molecule has 3 nitrogen and oxygen atoms in total. The zero-order chi connectivity index (χ0) is 15.8. The van der Waals surface area contributed by atoms with Crippen LogP contribution in [0.4, 0.5) is 0 Å². The highest BCUT2D eigenvalue weighted by atomic mass is 32.2. The lowest BCUT2D eigenvalue weighted by Gasteiger charge is -2.12. The van der Waals surface area contributed by atoms with Crippen LogP contribution in [-0.4, -0.2) is 29.9 Å². The molecule has 2 aromatic carbocycles. The number of rotatable bonds is 7. The first-order chi connectivity index (χ1) is 10.7. The monoisotopic (exact) mass is 315 g/mol. The minimum atomic E-state index is -0.581. The van der Waals surface area contributed by atoms with E-state index in [0.29, 0.717) is 12.0 Å². The fourth-order valence-corrected chi connectivity index (χ4v) is 2.72. The zero-order valence-electron chi connectivity index (χ0n) is 12.7. The number of hydrogen-bond acceptors (Lipinski definition) is 3. The molecule has 0 bridgehead atoms. The van der Waals surface area contributed by atoms with Gasteiger partial charge in [0.15, 0.2) is 0 Å². The number of amides is 1. The SMILES string of the molecule is CSCc1ccc(C(=O)NCC(O)Cc2ccccc2)cc1. The van der Waals surface area contributed by atoms with E-state index in [1.165, 1.54) is 5.56 Å². The normalized spacial score (nSPS) is 11.9. The van der Waals surface area contributed by atoms with Crippen molar-refractivity contribution < 1.29 is 9.90 Å². The highest BCUT2D eigenvalue weighted by Gasteiger charge is 2.09. The second-order valence-electron chi connectivity index (χ2n) is 5.18. The van der Waals surface area contributed by atoms with Gasteiger partial charge in [-0.1, -0.05) is 42.5 Å². The van der Waals surface area contributed by atoms with Crippen LogP contribution in [0.25, 0.3) is 0 Å². The number of aliphatic hydroxyl groups is 1. The Morgan fingerprint density at radius 1 is 1.09 bits per heavy atom. The van der Waals surface area contributed by atoms with Gasteiger partial charge in [0.1, 0.15) is 0 Å². The molecule has 0 aliphatic carbocycles. The number of aliphatic hydroxyl groups excluding tert-OH is 1. The number of thioether (sulfide) groups is 1. The first-order valence-electron chi connectivity index (χ1n) is 7.27. The van der Waals surface area contributed by atoms with E-state index >= 15 is 0 Å². The number of nitrogens with one attached hydrogen (secondary N) is 1. The van der Waals surface area contributed by atoms with E-state index in [9.17, 15) is 9.90 Å². The Kier molecular flexibility index (Phi) is 6.49. The maximum atomic E-state index is 12.0. The van der Waals surface area contributed by atoms with Crippen LogP contribution < -0.4 is 5.32 Å². The Bertz CT molecular complexity index is 584. The molecule has 0 saturated heterocycles. The molecular formula is C18H21NO2S. The predicted octanol–water partition coefficient (Wildman–Crippen LogP) is 2.88. The molecule has 0 aliphatic heterocycles. The van der Waals surface area contributed by atoms with Crippen LogP contribution in [0.1, 0.15) is 21.5 Å². The van der Waals surface area contributed by atoms with E-state index in [-0.39, 0.29) is 12.5 Å². The Morgan fingerprint density at radius 2 is 1.77 bits per heavy atom. The topological polar surface area (TPSA) is 49.3 Å². The maximum absolute atomic E-state index is 12.0. The van der Waals surface area contributed by atoms with Gasteiger partial charge in [-0.2, -0.15) is 11.8 Å². The number of carbonyl (C=O) groups excluding carboxylic acids is 1. The Balaban J connectivity index is 1.81. The Hall–Kier alpha value is -1.78. The van der Waals surface area contributed by atoms with Crippen molar-refractivity contribution in [2.75, 3.05) is 12.8 Å². The third kappa shape index (κ3) is 5.20. The smallest absolute Gasteiger partial charge is 0.251 e. The van der Waals surface area contributed by atoms with E-state index in [1.54, 1.807) is 11.8 Å². The fourth-order valence-electron chi connectivity index (χ4n) is 2.19. The van der Waals surface area contributed by atoms with Crippen molar-refractivity contribution in [3.8, 4) is 0 Å². The van der Waals surface area contributed by atoms with Gasteiger partial charge >= 0.3 is 0 Å².